The summed E-state index contributed by atoms with van der Waals surface area (Å²) in [6.45, 7) is 4.99. The molecule has 3 aliphatic heterocycles. The summed E-state index contributed by atoms with van der Waals surface area (Å²) in [5, 5.41) is 4.04. The van der Waals surface area contributed by atoms with Crippen LogP contribution >= 0.6 is 0 Å². The van der Waals surface area contributed by atoms with E-state index < -0.39 is 0 Å². The first-order valence-electron chi connectivity index (χ1n) is 8.45. The molecule has 4 aliphatic rings. The fourth-order valence-electron chi connectivity index (χ4n) is 4.16. The van der Waals surface area contributed by atoms with E-state index in [-0.39, 0.29) is 29.8 Å². The molecule has 0 bridgehead atoms. The normalized spacial score (nSPS) is 36.7. The highest BCUT2D eigenvalue weighted by molar-refractivity contribution is 6.40. The van der Waals surface area contributed by atoms with E-state index in [0.717, 1.165) is 38.8 Å². The van der Waals surface area contributed by atoms with Gasteiger partial charge in [-0.2, -0.15) is 0 Å². The van der Waals surface area contributed by atoms with Crippen molar-refractivity contribution in [2.75, 3.05) is 26.2 Å². The Bertz CT molecular complexity index is 521. The van der Waals surface area contributed by atoms with Crippen LogP contribution in [0.25, 0.3) is 0 Å². The van der Waals surface area contributed by atoms with Crippen LogP contribution in [-0.2, 0) is 14.4 Å². The highest BCUT2D eigenvalue weighted by Crippen LogP contribution is 2.37. The number of likely N-dealkylation sites (tertiary alicyclic amines) is 2. The van der Waals surface area contributed by atoms with Crippen LogP contribution < -0.4 is 0 Å². The first-order chi connectivity index (χ1) is 10.6. The van der Waals surface area contributed by atoms with Crippen molar-refractivity contribution in [1.29, 1.82) is 0 Å². The number of carbonyl (C=O) groups excluding carboxylic acids is 2. The topological polar surface area (TPSA) is 62.2 Å². The van der Waals surface area contributed by atoms with E-state index in [4.69, 9.17) is 4.84 Å². The summed E-state index contributed by atoms with van der Waals surface area (Å²) in [7, 11) is 0. The fraction of sp³-hybridized carbons (Fsp3) is 0.812. The summed E-state index contributed by atoms with van der Waals surface area (Å²) in [4.78, 5) is 34.2. The van der Waals surface area contributed by atoms with Crippen LogP contribution in [0.2, 0.25) is 0 Å². The summed E-state index contributed by atoms with van der Waals surface area (Å²) < 4.78 is 0. The zero-order chi connectivity index (χ0) is 15.3. The average Bonchev–Trinajstić information content (AvgIpc) is 3.17. The van der Waals surface area contributed by atoms with Crippen LogP contribution in [0.15, 0.2) is 5.16 Å². The Morgan fingerprint density at radius 1 is 1.14 bits per heavy atom. The Hall–Kier alpha value is -1.59. The lowest BCUT2D eigenvalue weighted by molar-refractivity contribution is -0.139. The maximum atomic E-state index is 12.5. The molecule has 6 nitrogen and oxygen atoms in total. The van der Waals surface area contributed by atoms with Crippen LogP contribution in [0, 0.1) is 17.8 Å². The highest BCUT2D eigenvalue weighted by Gasteiger charge is 2.48. The molecule has 0 spiro atoms. The van der Waals surface area contributed by atoms with Gasteiger partial charge in [-0.3, -0.25) is 9.59 Å². The van der Waals surface area contributed by atoms with Gasteiger partial charge in [0.1, 0.15) is 0 Å². The molecule has 0 aromatic heterocycles. The summed E-state index contributed by atoms with van der Waals surface area (Å²) in [5.74, 6) is 1.07. The Morgan fingerprint density at radius 3 is 2.55 bits per heavy atom. The second kappa shape index (κ2) is 5.25. The van der Waals surface area contributed by atoms with Gasteiger partial charge >= 0.3 is 0 Å². The minimum absolute atomic E-state index is 0.0107. The van der Waals surface area contributed by atoms with E-state index in [1.165, 1.54) is 0 Å². The molecule has 1 aliphatic carbocycles. The van der Waals surface area contributed by atoms with Crippen molar-refractivity contribution in [3.05, 3.63) is 0 Å². The molecular formula is C16H23N3O3. The molecule has 0 N–H and O–H groups in total. The molecule has 2 saturated heterocycles. The third-order valence-corrected chi connectivity index (χ3v) is 5.55. The fourth-order valence-corrected chi connectivity index (χ4v) is 4.16. The van der Waals surface area contributed by atoms with Gasteiger partial charge in [0.2, 0.25) is 5.91 Å². The van der Waals surface area contributed by atoms with Crippen LogP contribution in [0.5, 0.6) is 0 Å². The molecule has 3 heterocycles. The van der Waals surface area contributed by atoms with Gasteiger partial charge in [-0.05, 0) is 31.6 Å². The Balaban J connectivity index is 1.40. The van der Waals surface area contributed by atoms with Crippen LogP contribution in [-0.4, -0.2) is 59.6 Å². The second-order valence-electron chi connectivity index (χ2n) is 7.24. The van der Waals surface area contributed by atoms with Crippen molar-refractivity contribution in [3.8, 4) is 0 Å². The zero-order valence-corrected chi connectivity index (χ0v) is 13.0. The van der Waals surface area contributed by atoms with E-state index in [2.05, 4.69) is 12.1 Å². The molecule has 0 unspecified atom stereocenters. The number of nitrogens with zero attached hydrogens (tertiary/aromatic N) is 3. The van der Waals surface area contributed by atoms with E-state index in [1.807, 2.05) is 9.80 Å². The quantitative estimate of drug-likeness (QED) is 0.760. The van der Waals surface area contributed by atoms with Crippen LogP contribution in [0.1, 0.15) is 32.6 Å². The van der Waals surface area contributed by atoms with Gasteiger partial charge in [-0.25, -0.2) is 0 Å². The molecule has 0 radical (unpaired) electrons. The molecule has 120 valence electrons. The predicted molar refractivity (Wildman–Crippen MR) is 80.1 cm³/mol. The first kappa shape index (κ1) is 14.0. The SMILES string of the molecule is CC1CC(C(=O)N2C[C@@H]3C(C(=O)N4CCCC4)=NO[C@@H]3C2)C1. The monoisotopic (exact) mass is 305 g/mol. The molecular weight excluding hydrogens is 282 g/mol. The largest absolute Gasteiger partial charge is 0.389 e. The summed E-state index contributed by atoms with van der Waals surface area (Å²) in [6, 6.07) is 0. The minimum Gasteiger partial charge on any atom is -0.389 e. The maximum Gasteiger partial charge on any atom is 0.272 e. The standard InChI is InChI=1S/C16H23N3O3/c1-10-6-11(7-10)15(20)19-8-12-13(9-19)22-17-14(12)16(21)18-4-2-3-5-18/h10-13H,2-9H2,1H3/t10?,11?,12-,13+/m0/s1. The number of fused-ring (bicyclic) bond motifs is 1. The second-order valence-corrected chi connectivity index (χ2v) is 7.24. The predicted octanol–water partition coefficient (Wildman–Crippen LogP) is 0.868. The molecule has 2 amide bonds. The first-order valence-corrected chi connectivity index (χ1v) is 8.45. The lowest BCUT2D eigenvalue weighted by Gasteiger charge is -2.34. The lowest BCUT2D eigenvalue weighted by Crippen LogP contribution is -2.42. The maximum absolute atomic E-state index is 12.5. The third kappa shape index (κ3) is 2.20. The van der Waals surface area contributed by atoms with Gasteiger partial charge in [0.05, 0.1) is 12.5 Å². The molecule has 6 heteroatoms. The molecule has 0 aromatic rings. The van der Waals surface area contributed by atoms with Crippen molar-refractivity contribution in [2.24, 2.45) is 22.9 Å². The van der Waals surface area contributed by atoms with Gasteiger partial charge < -0.3 is 14.6 Å². The van der Waals surface area contributed by atoms with Gasteiger partial charge in [0, 0.05) is 25.6 Å². The van der Waals surface area contributed by atoms with E-state index in [0.29, 0.717) is 24.7 Å². The molecule has 0 aromatic carbocycles. The number of carbonyl (C=O) groups is 2. The van der Waals surface area contributed by atoms with Crippen molar-refractivity contribution in [3.63, 3.8) is 0 Å². The van der Waals surface area contributed by atoms with E-state index in [1.54, 1.807) is 0 Å². The molecule has 4 rings (SSSR count). The van der Waals surface area contributed by atoms with Gasteiger partial charge in [-0.15, -0.1) is 0 Å². The average molecular weight is 305 g/mol. The van der Waals surface area contributed by atoms with Gasteiger partial charge in [-0.1, -0.05) is 12.1 Å². The molecule has 2 atom stereocenters. The van der Waals surface area contributed by atoms with Crippen molar-refractivity contribution >= 4 is 17.5 Å². The van der Waals surface area contributed by atoms with Gasteiger partial charge in [0.15, 0.2) is 11.8 Å². The van der Waals surface area contributed by atoms with E-state index >= 15 is 0 Å². The van der Waals surface area contributed by atoms with Crippen molar-refractivity contribution < 1.29 is 14.4 Å². The van der Waals surface area contributed by atoms with Crippen molar-refractivity contribution in [2.45, 2.75) is 38.7 Å². The molecule has 22 heavy (non-hydrogen) atoms. The number of hydrogen-bond acceptors (Lipinski definition) is 4. The summed E-state index contributed by atoms with van der Waals surface area (Å²) >= 11 is 0. The molecule has 1 saturated carbocycles. The lowest BCUT2D eigenvalue weighted by atomic mass is 9.75. The Kier molecular flexibility index (Phi) is 3.35. The number of amides is 2. The minimum atomic E-state index is -0.122. The summed E-state index contributed by atoms with van der Waals surface area (Å²) in [5.41, 5.74) is 0.532. The molecule has 3 fully saturated rings. The van der Waals surface area contributed by atoms with Crippen molar-refractivity contribution in [1.82, 2.24) is 9.80 Å². The number of oxime groups is 1. The zero-order valence-electron chi connectivity index (χ0n) is 13.0. The van der Waals surface area contributed by atoms with Crippen LogP contribution in [0.3, 0.4) is 0 Å². The van der Waals surface area contributed by atoms with Gasteiger partial charge in [0.25, 0.3) is 5.91 Å². The highest BCUT2D eigenvalue weighted by atomic mass is 16.6. The third-order valence-electron chi connectivity index (χ3n) is 5.55. The Morgan fingerprint density at radius 2 is 1.86 bits per heavy atom. The van der Waals surface area contributed by atoms with Crippen LogP contribution in [0.4, 0.5) is 0 Å². The Labute approximate surface area is 130 Å². The number of rotatable bonds is 2. The van der Waals surface area contributed by atoms with E-state index in [9.17, 15) is 9.59 Å². The smallest absolute Gasteiger partial charge is 0.272 e. The summed E-state index contributed by atoms with van der Waals surface area (Å²) in [6.07, 6.45) is 4.01. The number of hydrogen-bond donors (Lipinski definition) is 0.